The number of nitriles is 1. The van der Waals surface area contributed by atoms with E-state index in [0.717, 1.165) is 18.8 Å². The van der Waals surface area contributed by atoms with Gasteiger partial charge in [-0.05, 0) is 18.2 Å². The van der Waals surface area contributed by atoms with Crippen molar-refractivity contribution in [2.24, 2.45) is 0 Å². The van der Waals surface area contributed by atoms with Crippen molar-refractivity contribution in [2.75, 3.05) is 36.5 Å². The number of carbonyl (C=O) groups is 1. The van der Waals surface area contributed by atoms with Crippen molar-refractivity contribution in [3.63, 3.8) is 0 Å². The summed E-state index contributed by atoms with van der Waals surface area (Å²) >= 11 is 0. The lowest BCUT2D eigenvalue weighted by molar-refractivity contribution is -0.105. The molecule has 0 radical (unpaired) electrons. The van der Waals surface area contributed by atoms with Crippen LogP contribution in [0.2, 0.25) is 0 Å². The Labute approximate surface area is 99.6 Å². The number of nitrogens with one attached hydrogen (secondary N) is 1. The Morgan fingerprint density at radius 3 is 2.82 bits per heavy atom. The zero-order valence-corrected chi connectivity index (χ0v) is 9.35. The van der Waals surface area contributed by atoms with Gasteiger partial charge in [-0.3, -0.25) is 4.79 Å². The first kappa shape index (κ1) is 11.4. The van der Waals surface area contributed by atoms with Crippen LogP contribution in [0.5, 0.6) is 0 Å². The SMILES string of the molecule is N#Cc1cc(NC=O)ccc1N1CCOCC1. The highest BCUT2D eigenvalue weighted by molar-refractivity contribution is 5.75. The fourth-order valence-corrected chi connectivity index (χ4v) is 1.86. The molecule has 1 saturated heterocycles. The van der Waals surface area contributed by atoms with E-state index in [2.05, 4.69) is 16.3 Å². The van der Waals surface area contributed by atoms with Gasteiger partial charge in [0.1, 0.15) is 6.07 Å². The van der Waals surface area contributed by atoms with Crippen molar-refractivity contribution >= 4 is 17.8 Å². The highest BCUT2D eigenvalue weighted by Crippen LogP contribution is 2.24. The minimum absolute atomic E-state index is 0.568. The first-order chi connectivity index (χ1) is 8.35. The molecule has 1 fully saturated rings. The lowest BCUT2D eigenvalue weighted by atomic mass is 10.1. The average molecular weight is 231 g/mol. The molecule has 1 aromatic rings. The van der Waals surface area contributed by atoms with Gasteiger partial charge in [-0.1, -0.05) is 0 Å². The number of anilines is 2. The van der Waals surface area contributed by atoms with Gasteiger partial charge in [-0.2, -0.15) is 5.26 Å². The quantitative estimate of drug-likeness (QED) is 0.787. The summed E-state index contributed by atoms with van der Waals surface area (Å²) in [5.74, 6) is 0. The van der Waals surface area contributed by atoms with E-state index < -0.39 is 0 Å². The maximum absolute atomic E-state index is 10.3. The molecule has 0 aliphatic carbocycles. The third kappa shape index (κ3) is 2.55. The smallest absolute Gasteiger partial charge is 0.211 e. The van der Waals surface area contributed by atoms with Gasteiger partial charge in [0.2, 0.25) is 6.41 Å². The van der Waals surface area contributed by atoms with Gasteiger partial charge in [0, 0.05) is 18.8 Å². The predicted octanol–water partition coefficient (Wildman–Crippen LogP) is 0.963. The fraction of sp³-hybridized carbons (Fsp3) is 0.333. The largest absolute Gasteiger partial charge is 0.378 e. The van der Waals surface area contributed by atoms with E-state index >= 15 is 0 Å². The van der Waals surface area contributed by atoms with Crippen LogP contribution in [-0.4, -0.2) is 32.7 Å². The molecule has 5 heteroatoms. The summed E-state index contributed by atoms with van der Waals surface area (Å²) in [7, 11) is 0. The van der Waals surface area contributed by atoms with E-state index in [1.54, 1.807) is 12.1 Å². The number of rotatable bonds is 3. The molecule has 1 amide bonds. The minimum atomic E-state index is 0.568. The zero-order chi connectivity index (χ0) is 12.1. The van der Waals surface area contributed by atoms with Crippen molar-refractivity contribution in [3.8, 4) is 6.07 Å². The lowest BCUT2D eigenvalue weighted by Crippen LogP contribution is -2.36. The van der Waals surface area contributed by atoms with E-state index in [4.69, 9.17) is 10.00 Å². The molecule has 17 heavy (non-hydrogen) atoms. The van der Waals surface area contributed by atoms with Crippen LogP contribution in [0, 0.1) is 11.3 Å². The molecule has 1 heterocycles. The average Bonchev–Trinajstić information content (AvgIpc) is 2.40. The number of amides is 1. The van der Waals surface area contributed by atoms with Gasteiger partial charge in [0.25, 0.3) is 0 Å². The molecular formula is C12H13N3O2. The number of benzene rings is 1. The van der Waals surface area contributed by atoms with Gasteiger partial charge in [0.15, 0.2) is 0 Å². The van der Waals surface area contributed by atoms with Crippen LogP contribution >= 0.6 is 0 Å². The molecule has 0 atom stereocenters. The fourth-order valence-electron chi connectivity index (χ4n) is 1.86. The molecule has 1 aromatic carbocycles. The van der Waals surface area contributed by atoms with Crippen LogP contribution < -0.4 is 10.2 Å². The van der Waals surface area contributed by atoms with Crippen LogP contribution in [0.1, 0.15) is 5.56 Å². The highest BCUT2D eigenvalue weighted by atomic mass is 16.5. The van der Waals surface area contributed by atoms with E-state index in [-0.39, 0.29) is 0 Å². The number of carbonyl (C=O) groups excluding carboxylic acids is 1. The lowest BCUT2D eigenvalue weighted by Gasteiger charge is -2.29. The Balaban J connectivity index is 2.27. The number of hydrogen-bond acceptors (Lipinski definition) is 4. The van der Waals surface area contributed by atoms with Crippen molar-refractivity contribution in [1.82, 2.24) is 0 Å². The number of ether oxygens (including phenoxy) is 1. The van der Waals surface area contributed by atoms with Gasteiger partial charge in [0.05, 0.1) is 24.5 Å². The topological polar surface area (TPSA) is 65.4 Å². The maximum Gasteiger partial charge on any atom is 0.211 e. The number of morpholine rings is 1. The summed E-state index contributed by atoms with van der Waals surface area (Å²) in [4.78, 5) is 12.5. The van der Waals surface area contributed by atoms with Crippen molar-refractivity contribution in [2.45, 2.75) is 0 Å². The molecule has 2 rings (SSSR count). The monoisotopic (exact) mass is 231 g/mol. The molecule has 0 spiro atoms. The van der Waals surface area contributed by atoms with Crippen LogP contribution in [-0.2, 0) is 9.53 Å². The number of nitrogens with zero attached hydrogens (tertiary/aromatic N) is 2. The first-order valence-electron chi connectivity index (χ1n) is 5.42. The Morgan fingerprint density at radius 2 is 2.18 bits per heavy atom. The predicted molar refractivity (Wildman–Crippen MR) is 63.9 cm³/mol. The van der Waals surface area contributed by atoms with Gasteiger partial charge in [-0.25, -0.2) is 0 Å². The van der Waals surface area contributed by atoms with Crippen LogP contribution in [0.3, 0.4) is 0 Å². The Bertz CT molecular complexity index is 448. The summed E-state index contributed by atoms with van der Waals surface area (Å²) in [6.45, 7) is 2.93. The number of hydrogen-bond donors (Lipinski definition) is 1. The minimum Gasteiger partial charge on any atom is -0.378 e. The third-order valence-electron chi connectivity index (χ3n) is 2.69. The molecule has 1 aliphatic heterocycles. The normalized spacial score (nSPS) is 15.1. The molecule has 0 bridgehead atoms. The van der Waals surface area contributed by atoms with Crippen LogP contribution in [0.25, 0.3) is 0 Å². The standard InChI is InChI=1S/C12H13N3O2/c13-8-10-7-11(14-9-16)1-2-12(10)15-3-5-17-6-4-15/h1-2,7,9H,3-6H2,(H,14,16). The van der Waals surface area contributed by atoms with E-state index in [1.165, 1.54) is 0 Å². The highest BCUT2D eigenvalue weighted by Gasteiger charge is 2.14. The molecule has 0 saturated carbocycles. The molecule has 0 aromatic heterocycles. The Kier molecular flexibility index (Phi) is 3.58. The summed E-state index contributed by atoms with van der Waals surface area (Å²) in [5.41, 5.74) is 2.10. The summed E-state index contributed by atoms with van der Waals surface area (Å²) in [6, 6.07) is 7.48. The zero-order valence-electron chi connectivity index (χ0n) is 9.35. The Morgan fingerprint density at radius 1 is 1.41 bits per heavy atom. The van der Waals surface area contributed by atoms with E-state index in [0.29, 0.717) is 30.9 Å². The van der Waals surface area contributed by atoms with Crippen LogP contribution in [0.15, 0.2) is 18.2 Å². The van der Waals surface area contributed by atoms with E-state index in [9.17, 15) is 4.79 Å². The second kappa shape index (κ2) is 5.32. The second-order valence-corrected chi connectivity index (χ2v) is 3.71. The molecule has 1 aliphatic rings. The second-order valence-electron chi connectivity index (χ2n) is 3.71. The molecular weight excluding hydrogens is 218 g/mol. The summed E-state index contributed by atoms with van der Waals surface area (Å²) in [6.07, 6.45) is 0.602. The molecule has 0 unspecified atom stereocenters. The molecule has 88 valence electrons. The summed E-state index contributed by atoms with van der Waals surface area (Å²) < 4.78 is 5.27. The Hall–Kier alpha value is -2.06. The van der Waals surface area contributed by atoms with Crippen LogP contribution in [0.4, 0.5) is 11.4 Å². The van der Waals surface area contributed by atoms with Crippen molar-refractivity contribution in [1.29, 1.82) is 5.26 Å². The van der Waals surface area contributed by atoms with Crippen molar-refractivity contribution < 1.29 is 9.53 Å². The van der Waals surface area contributed by atoms with Gasteiger partial charge < -0.3 is 15.0 Å². The summed E-state index contributed by atoms with van der Waals surface area (Å²) in [5, 5.41) is 11.7. The maximum atomic E-state index is 10.3. The molecule has 1 N–H and O–H groups in total. The van der Waals surface area contributed by atoms with E-state index in [1.807, 2.05) is 6.07 Å². The van der Waals surface area contributed by atoms with Gasteiger partial charge >= 0.3 is 0 Å². The van der Waals surface area contributed by atoms with Gasteiger partial charge in [-0.15, -0.1) is 0 Å². The molecule has 5 nitrogen and oxygen atoms in total. The first-order valence-corrected chi connectivity index (χ1v) is 5.42. The third-order valence-corrected chi connectivity index (χ3v) is 2.69. The van der Waals surface area contributed by atoms with Crippen molar-refractivity contribution in [3.05, 3.63) is 23.8 Å².